The molecule has 7 heteroatoms. The SMILES string of the molecule is C/C=C\C.Nc1nc(NCc2cccc(O)c2O)n[nH]1. The quantitative estimate of drug-likeness (QED) is 0.432. The molecule has 1 aromatic carbocycles. The van der Waals surface area contributed by atoms with Gasteiger partial charge in [-0.1, -0.05) is 24.3 Å². The second-order valence-corrected chi connectivity index (χ2v) is 3.85. The topological polar surface area (TPSA) is 120 Å². The minimum atomic E-state index is -0.159. The maximum absolute atomic E-state index is 9.52. The molecule has 2 rings (SSSR count). The third-order valence-electron chi connectivity index (χ3n) is 2.37. The largest absolute Gasteiger partial charge is 0.504 e. The number of aromatic amines is 1. The molecule has 1 heterocycles. The van der Waals surface area contributed by atoms with Crippen LogP contribution < -0.4 is 11.1 Å². The summed E-state index contributed by atoms with van der Waals surface area (Å²) in [4.78, 5) is 3.83. The van der Waals surface area contributed by atoms with E-state index in [-0.39, 0.29) is 24.0 Å². The molecule has 0 radical (unpaired) electrons. The van der Waals surface area contributed by atoms with Crippen molar-refractivity contribution in [3.63, 3.8) is 0 Å². The van der Waals surface area contributed by atoms with Gasteiger partial charge in [0.05, 0.1) is 0 Å². The molecule has 0 aliphatic heterocycles. The number of hydrogen-bond acceptors (Lipinski definition) is 6. The first kappa shape index (κ1) is 15.4. The second-order valence-electron chi connectivity index (χ2n) is 3.85. The summed E-state index contributed by atoms with van der Waals surface area (Å²) in [5.74, 6) is 0.232. The van der Waals surface area contributed by atoms with Crippen LogP contribution in [-0.2, 0) is 6.54 Å². The standard InChI is InChI=1S/C9H11N5O2.C4H8/c10-8-12-9(14-13-8)11-4-5-2-1-3-6(15)7(5)16;1-3-4-2/h1-3,15-16H,4H2,(H4,10,11,12,13,14);3-4H,1-2H3/b;4-3-. The smallest absolute Gasteiger partial charge is 0.243 e. The van der Waals surface area contributed by atoms with Crippen LogP contribution in [0.3, 0.4) is 0 Å². The number of aromatic nitrogens is 3. The van der Waals surface area contributed by atoms with Gasteiger partial charge in [-0.05, 0) is 19.9 Å². The number of H-pyrrole nitrogens is 1. The van der Waals surface area contributed by atoms with E-state index in [0.29, 0.717) is 11.5 Å². The zero-order valence-corrected chi connectivity index (χ0v) is 11.5. The predicted molar refractivity (Wildman–Crippen MR) is 78.4 cm³/mol. The first-order valence-electron chi connectivity index (χ1n) is 6.07. The van der Waals surface area contributed by atoms with Crippen LogP contribution in [0.5, 0.6) is 11.5 Å². The molecule has 0 aliphatic rings. The average molecular weight is 277 g/mol. The third kappa shape index (κ3) is 4.52. The number of nitrogen functional groups attached to an aromatic ring is 1. The van der Waals surface area contributed by atoms with E-state index in [4.69, 9.17) is 5.73 Å². The number of anilines is 2. The Morgan fingerprint density at radius 1 is 1.30 bits per heavy atom. The van der Waals surface area contributed by atoms with Gasteiger partial charge in [-0.3, -0.25) is 0 Å². The number of nitrogens with one attached hydrogen (secondary N) is 2. The van der Waals surface area contributed by atoms with Crippen LogP contribution in [0, 0.1) is 0 Å². The molecule has 0 fully saturated rings. The number of nitrogens with two attached hydrogens (primary N) is 1. The van der Waals surface area contributed by atoms with Crippen molar-refractivity contribution in [1.29, 1.82) is 0 Å². The van der Waals surface area contributed by atoms with Gasteiger partial charge in [0.25, 0.3) is 0 Å². The van der Waals surface area contributed by atoms with Gasteiger partial charge < -0.3 is 21.3 Å². The molecule has 108 valence electrons. The highest BCUT2D eigenvalue weighted by Gasteiger charge is 2.06. The van der Waals surface area contributed by atoms with Gasteiger partial charge in [-0.15, -0.1) is 5.10 Å². The molecule has 7 nitrogen and oxygen atoms in total. The van der Waals surface area contributed by atoms with Crippen LogP contribution >= 0.6 is 0 Å². The predicted octanol–water partition coefficient (Wildman–Crippen LogP) is 1.99. The second kappa shape index (κ2) is 7.67. The number of para-hydroxylation sites is 1. The van der Waals surface area contributed by atoms with Gasteiger partial charge in [0, 0.05) is 12.1 Å². The van der Waals surface area contributed by atoms with E-state index < -0.39 is 0 Å². The van der Waals surface area contributed by atoms with Gasteiger partial charge in [-0.2, -0.15) is 4.98 Å². The number of nitrogens with zero attached hydrogens (tertiary/aromatic N) is 2. The Morgan fingerprint density at radius 3 is 2.55 bits per heavy atom. The highest BCUT2D eigenvalue weighted by Crippen LogP contribution is 2.28. The van der Waals surface area contributed by atoms with Crippen molar-refractivity contribution in [3.05, 3.63) is 35.9 Å². The summed E-state index contributed by atoms with van der Waals surface area (Å²) >= 11 is 0. The van der Waals surface area contributed by atoms with Crippen molar-refractivity contribution >= 4 is 11.9 Å². The number of phenols is 2. The minimum absolute atomic E-state index is 0.154. The third-order valence-corrected chi connectivity index (χ3v) is 2.37. The zero-order chi connectivity index (χ0) is 15.0. The summed E-state index contributed by atoms with van der Waals surface area (Å²) in [6.45, 7) is 4.29. The van der Waals surface area contributed by atoms with Crippen molar-refractivity contribution in [2.75, 3.05) is 11.1 Å². The van der Waals surface area contributed by atoms with Crippen LogP contribution in [0.1, 0.15) is 19.4 Å². The Hall–Kier alpha value is -2.70. The summed E-state index contributed by atoms with van der Waals surface area (Å²) in [5.41, 5.74) is 5.89. The molecule has 20 heavy (non-hydrogen) atoms. The first-order valence-corrected chi connectivity index (χ1v) is 6.07. The Bertz CT molecular complexity index is 562. The molecule has 0 saturated carbocycles. The number of allylic oxidation sites excluding steroid dienone is 2. The number of rotatable bonds is 3. The number of aromatic hydroxyl groups is 2. The fraction of sp³-hybridized carbons (Fsp3) is 0.231. The lowest BCUT2D eigenvalue weighted by molar-refractivity contribution is 0.400. The number of hydrogen-bond donors (Lipinski definition) is 5. The Kier molecular flexibility index (Phi) is 5.89. The highest BCUT2D eigenvalue weighted by atomic mass is 16.3. The summed E-state index contributed by atoms with van der Waals surface area (Å²) in [6.07, 6.45) is 4.00. The summed E-state index contributed by atoms with van der Waals surface area (Å²) < 4.78 is 0. The summed E-state index contributed by atoms with van der Waals surface area (Å²) in [5, 5.41) is 27.9. The molecule has 0 saturated heterocycles. The summed E-state index contributed by atoms with van der Waals surface area (Å²) in [6, 6.07) is 4.72. The molecule has 1 aromatic heterocycles. The van der Waals surface area contributed by atoms with Crippen molar-refractivity contribution in [2.45, 2.75) is 20.4 Å². The maximum Gasteiger partial charge on any atom is 0.243 e. The Balaban J connectivity index is 0.000000444. The van der Waals surface area contributed by atoms with Crippen LogP contribution in [0.2, 0.25) is 0 Å². The van der Waals surface area contributed by atoms with Crippen LogP contribution in [0.15, 0.2) is 30.4 Å². The molecule has 0 aliphatic carbocycles. The molecule has 0 bridgehead atoms. The van der Waals surface area contributed by atoms with E-state index in [1.165, 1.54) is 6.07 Å². The van der Waals surface area contributed by atoms with Crippen LogP contribution in [-0.4, -0.2) is 25.4 Å². The highest BCUT2D eigenvalue weighted by molar-refractivity contribution is 5.45. The van der Waals surface area contributed by atoms with E-state index in [1.54, 1.807) is 12.1 Å². The van der Waals surface area contributed by atoms with Gasteiger partial charge >= 0.3 is 0 Å². The monoisotopic (exact) mass is 277 g/mol. The summed E-state index contributed by atoms with van der Waals surface area (Å²) in [7, 11) is 0. The van der Waals surface area contributed by atoms with E-state index in [9.17, 15) is 10.2 Å². The van der Waals surface area contributed by atoms with Crippen LogP contribution in [0.4, 0.5) is 11.9 Å². The van der Waals surface area contributed by atoms with Gasteiger partial charge in [0.15, 0.2) is 11.5 Å². The van der Waals surface area contributed by atoms with Crippen molar-refractivity contribution in [1.82, 2.24) is 15.2 Å². The minimum Gasteiger partial charge on any atom is -0.504 e. The lowest BCUT2D eigenvalue weighted by Gasteiger charge is -2.05. The van der Waals surface area contributed by atoms with Crippen molar-refractivity contribution < 1.29 is 10.2 Å². The lowest BCUT2D eigenvalue weighted by atomic mass is 10.2. The Labute approximate surface area is 117 Å². The fourth-order valence-corrected chi connectivity index (χ4v) is 1.25. The lowest BCUT2D eigenvalue weighted by Crippen LogP contribution is -2.01. The van der Waals surface area contributed by atoms with Gasteiger partial charge in [-0.25, -0.2) is 5.10 Å². The van der Waals surface area contributed by atoms with Gasteiger partial charge in [0.2, 0.25) is 11.9 Å². The molecule has 0 spiro atoms. The molecular formula is C13H19N5O2. The Morgan fingerprint density at radius 2 is 2.00 bits per heavy atom. The van der Waals surface area contributed by atoms with E-state index in [2.05, 4.69) is 20.5 Å². The average Bonchev–Trinajstić information content (AvgIpc) is 2.86. The zero-order valence-electron chi connectivity index (χ0n) is 11.5. The molecule has 2 aromatic rings. The first-order chi connectivity index (χ1) is 9.58. The molecule has 0 unspecified atom stereocenters. The van der Waals surface area contributed by atoms with Crippen molar-refractivity contribution in [2.24, 2.45) is 0 Å². The number of phenolic OH excluding ortho intramolecular Hbond substituents is 2. The van der Waals surface area contributed by atoms with Gasteiger partial charge in [0.1, 0.15) is 0 Å². The molecule has 6 N–H and O–H groups in total. The molecular weight excluding hydrogens is 258 g/mol. The van der Waals surface area contributed by atoms with Crippen LogP contribution in [0.25, 0.3) is 0 Å². The fourth-order valence-electron chi connectivity index (χ4n) is 1.25. The van der Waals surface area contributed by atoms with E-state index in [1.807, 2.05) is 26.0 Å². The molecule has 0 atom stereocenters. The maximum atomic E-state index is 9.52. The number of benzene rings is 1. The van der Waals surface area contributed by atoms with Crippen molar-refractivity contribution in [3.8, 4) is 11.5 Å². The molecule has 0 amide bonds. The normalized spacial score (nSPS) is 10.1. The van der Waals surface area contributed by atoms with E-state index in [0.717, 1.165) is 0 Å². The van der Waals surface area contributed by atoms with E-state index >= 15 is 0 Å².